The summed E-state index contributed by atoms with van der Waals surface area (Å²) in [6, 6.07) is 0. The molecule has 0 unspecified atom stereocenters. The van der Waals surface area contributed by atoms with Crippen molar-refractivity contribution in [2.75, 3.05) is 0 Å². The molecule has 7 nitrogen and oxygen atoms in total. The van der Waals surface area contributed by atoms with Crippen LogP contribution in [0.2, 0.25) is 0 Å². The molecule has 5 N–H and O–H groups in total. The predicted molar refractivity (Wildman–Crippen MR) is 40.4 cm³/mol. The van der Waals surface area contributed by atoms with Gasteiger partial charge in [0.25, 0.3) is 5.08 Å². The smallest absolute Gasteiger partial charge is 1.00 e. The first kappa shape index (κ1) is 16.7. The molecule has 0 aliphatic rings. The molecule has 0 saturated carbocycles. The van der Waals surface area contributed by atoms with E-state index in [1.165, 1.54) is 0 Å². The minimum absolute atomic E-state index is 0. The number of aliphatic hydroxyl groups is 1. The summed E-state index contributed by atoms with van der Waals surface area (Å²) < 4.78 is 21.0. The molecular weight excluding hydrogens is 233 g/mol. The second-order valence-electron chi connectivity index (χ2n) is 2.22. The second-order valence-corrected chi connectivity index (χ2v) is 6.22. The van der Waals surface area contributed by atoms with Crippen molar-refractivity contribution in [1.29, 1.82) is 0 Å². The standard InChI is InChI=1S/C3H10O7P2.Na.H/c1-2-3(4,11(5,6)7)12(8,9)10;;/h4H,2H2,1H3,(H2,5,6,7)(H2,8,9,10);;/q;+1;-1. The quantitative estimate of drug-likeness (QED) is 0.257. The van der Waals surface area contributed by atoms with E-state index < -0.39 is 26.7 Å². The Kier molecular flexibility index (Phi) is 6.23. The first-order valence-electron chi connectivity index (χ1n) is 2.90. The van der Waals surface area contributed by atoms with E-state index in [0.717, 1.165) is 6.92 Å². The van der Waals surface area contributed by atoms with E-state index in [-0.39, 0.29) is 31.0 Å². The molecular formula is C3H11NaO7P2. The fraction of sp³-hybridized carbons (Fsp3) is 1.00. The van der Waals surface area contributed by atoms with Crippen LogP contribution in [0.15, 0.2) is 0 Å². The predicted octanol–water partition coefficient (Wildman–Crippen LogP) is -3.49. The van der Waals surface area contributed by atoms with Gasteiger partial charge in [0.15, 0.2) is 0 Å². The summed E-state index contributed by atoms with van der Waals surface area (Å²) in [4.78, 5) is 33.8. The van der Waals surface area contributed by atoms with Crippen LogP contribution in [0.1, 0.15) is 14.8 Å². The van der Waals surface area contributed by atoms with Crippen molar-refractivity contribution in [2.24, 2.45) is 0 Å². The molecule has 76 valence electrons. The van der Waals surface area contributed by atoms with Gasteiger partial charge in [0.1, 0.15) is 0 Å². The number of hydrogen-bond acceptors (Lipinski definition) is 3. The summed E-state index contributed by atoms with van der Waals surface area (Å²) in [5.74, 6) is 0. The van der Waals surface area contributed by atoms with Gasteiger partial charge in [-0.1, -0.05) is 6.92 Å². The summed E-state index contributed by atoms with van der Waals surface area (Å²) in [6.45, 7) is 1.07. The van der Waals surface area contributed by atoms with Gasteiger partial charge in [-0.3, -0.25) is 9.13 Å². The molecule has 0 aromatic rings. The van der Waals surface area contributed by atoms with Crippen molar-refractivity contribution in [3.63, 3.8) is 0 Å². The van der Waals surface area contributed by atoms with E-state index in [1.54, 1.807) is 0 Å². The van der Waals surface area contributed by atoms with Crippen LogP contribution in [-0.2, 0) is 9.13 Å². The van der Waals surface area contributed by atoms with Gasteiger partial charge in [-0.15, -0.1) is 0 Å². The minimum atomic E-state index is -5.22. The second kappa shape index (κ2) is 4.86. The van der Waals surface area contributed by atoms with E-state index in [1.807, 2.05) is 0 Å². The van der Waals surface area contributed by atoms with Crippen molar-refractivity contribution in [3.8, 4) is 0 Å². The van der Waals surface area contributed by atoms with Crippen LogP contribution in [0.5, 0.6) is 0 Å². The molecule has 0 aromatic carbocycles. The fourth-order valence-corrected chi connectivity index (χ4v) is 2.76. The van der Waals surface area contributed by atoms with Crippen LogP contribution in [0, 0.1) is 0 Å². The summed E-state index contributed by atoms with van der Waals surface area (Å²) in [5.41, 5.74) is 0. The van der Waals surface area contributed by atoms with Crippen molar-refractivity contribution in [2.45, 2.75) is 18.4 Å². The van der Waals surface area contributed by atoms with Gasteiger partial charge < -0.3 is 26.1 Å². The zero-order valence-corrected chi connectivity index (χ0v) is 10.9. The van der Waals surface area contributed by atoms with Crippen molar-refractivity contribution >= 4 is 15.2 Å². The molecule has 0 heterocycles. The molecule has 0 rings (SSSR count). The molecule has 0 atom stereocenters. The van der Waals surface area contributed by atoms with Crippen LogP contribution in [0.25, 0.3) is 0 Å². The zero-order chi connectivity index (χ0) is 10.2. The van der Waals surface area contributed by atoms with Gasteiger partial charge in [-0.25, -0.2) is 0 Å². The molecule has 0 aliphatic carbocycles. The summed E-state index contributed by atoms with van der Waals surface area (Å²) in [5, 5.41) is 5.72. The first-order valence-corrected chi connectivity index (χ1v) is 6.12. The maximum Gasteiger partial charge on any atom is 1.00 e. The van der Waals surface area contributed by atoms with Crippen LogP contribution in [0.4, 0.5) is 0 Å². The molecule has 0 radical (unpaired) electrons. The Hall–Kier alpha value is 1.26. The minimum Gasteiger partial charge on any atom is -1.00 e. The average molecular weight is 244 g/mol. The normalized spacial score (nSPS) is 13.7. The van der Waals surface area contributed by atoms with Gasteiger partial charge in [-0.05, 0) is 6.42 Å². The van der Waals surface area contributed by atoms with Gasteiger partial charge in [0.2, 0.25) is 0 Å². The van der Waals surface area contributed by atoms with Crippen LogP contribution < -0.4 is 29.6 Å². The van der Waals surface area contributed by atoms with Gasteiger partial charge in [-0.2, -0.15) is 0 Å². The molecule has 0 aromatic heterocycles. The van der Waals surface area contributed by atoms with Crippen molar-refractivity contribution < 1.29 is 64.8 Å². The summed E-state index contributed by atoms with van der Waals surface area (Å²) in [6.07, 6.45) is -0.721. The Balaban J connectivity index is -0.000000605. The third-order valence-electron chi connectivity index (χ3n) is 1.41. The third-order valence-corrected chi connectivity index (χ3v) is 5.47. The van der Waals surface area contributed by atoms with Gasteiger partial charge in [0, 0.05) is 0 Å². The van der Waals surface area contributed by atoms with Crippen molar-refractivity contribution in [3.05, 3.63) is 0 Å². The summed E-state index contributed by atoms with van der Waals surface area (Å²) in [7, 11) is -10.4. The maximum atomic E-state index is 10.5. The van der Waals surface area contributed by atoms with E-state index in [0.29, 0.717) is 0 Å². The van der Waals surface area contributed by atoms with E-state index >= 15 is 0 Å². The van der Waals surface area contributed by atoms with Gasteiger partial charge in [0.05, 0.1) is 0 Å². The van der Waals surface area contributed by atoms with Crippen LogP contribution in [-0.4, -0.2) is 29.8 Å². The van der Waals surface area contributed by atoms with E-state index in [2.05, 4.69) is 0 Å². The molecule has 0 saturated heterocycles. The van der Waals surface area contributed by atoms with Crippen LogP contribution in [0.3, 0.4) is 0 Å². The maximum absolute atomic E-state index is 10.5. The number of hydrogen-bond donors (Lipinski definition) is 5. The molecule has 0 spiro atoms. The summed E-state index contributed by atoms with van der Waals surface area (Å²) >= 11 is 0. The SMILES string of the molecule is CCC(O)(P(=O)(O)O)P(=O)(O)O.[H-].[Na+]. The van der Waals surface area contributed by atoms with E-state index in [9.17, 15) is 9.13 Å². The monoisotopic (exact) mass is 244 g/mol. The molecule has 13 heavy (non-hydrogen) atoms. The average Bonchev–Trinajstić information content (AvgIpc) is 1.81. The zero-order valence-electron chi connectivity index (χ0n) is 8.15. The molecule has 10 heteroatoms. The Morgan fingerprint density at radius 1 is 1.15 bits per heavy atom. The van der Waals surface area contributed by atoms with E-state index in [4.69, 9.17) is 24.7 Å². The topological polar surface area (TPSA) is 135 Å². The Morgan fingerprint density at radius 3 is 1.38 bits per heavy atom. The number of rotatable bonds is 3. The molecule has 0 fully saturated rings. The van der Waals surface area contributed by atoms with Crippen LogP contribution >= 0.6 is 15.2 Å². The molecule has 0 aliphatic heterocycles. The fourth-order valence-electron chi connectivity index (χ4n) is 0.582. The third kappa shape index (κ3) is 3.39. The first-order chi connectivity index (χ1) is 5.06. The Labute approximate surface area is 98.3 Å². The molecule has 0 amide bonds. The molecule has 0 bridgehead atoms. The van der Waals surface area contributed by atoms with Gasteiger partial charge >= 0.3 is 44.7 Å². The van der Waals surface area contributed by atoms with Crippen molar-refractivity contribution in [1.82, 2.24) is 0 Å². The Morgan fingerprint density at radius 2 is 1.38 bits per heavy atom. The Bertz CT molecular complexity index is 236. The largest absolute Gasteiger partial charge is 1.00 e.